The van der Waals surface area contributed by atoms with Crippen LogP contribution in [0.3, 0.4) is 0 Å². The summed E-state index contributed by atoms with van der Waals surface area (Å²) in [6.45, 7) is 3.58. The first-order chi connectivity index (χ1) is 8.95. The summed E-state index contributed by atoms with van der Waals surface area (Å²) < 4.78 is 28.9. The maximum absolute atomic E-state index is 13.8. The Labute approximate surface area is 140 Å². The van der Waals surface area contributed by atoms with E-state index in [9.17, 15) is 13.6 Å². The molecule has 1 heterocycles. The average Bonchev–Trinajstić information content (AvgIpc) is 2.32. The van der Waals surface area contributed by atoms with Crippen LogP contribution in [0.15, 0.2) is 23.0 Å². The molecule has 1 aromatic heterocycles. The minimum absolute atomic E-state index is 0. The summed E-state index contributed by atoms with van der Waals surface area (Å²) in [5.41, 5.74) is -0.196. The molecule has 103 valence electrons. The van der Waals surface area contributed by atoms with Crippen LogP contribution in [-0.2, 0) is 39.3 Å². The van der Waals surface area contributed by atoms with Crippen molar-refractivity contribution in [3.63, 3.8) is 0 Å². The van der Waals surface area contributed by atoms with Crippen LogP contribution in [0.2, 0.25) is 0 Å². The van der Waals surface area contributed by atoms with E-state index in [1.54, 1.807) is 13.8 Å². The molecule has 0 bridgehead atoms. The SMILES string of the molecule is CCn1c(-c2c(F)cc(O)cc2F)[c-]cc(C)c1=O.[Y]. The molecule has 2 rings (SSSR count). The van der Waals surface area contributed by atoms with E-state index in [0.29, 0.717) is 5.56 Å². The summed E-state index contributed by atoms with van der Waals surface area (Å²) in [6.07, 6.45) is 0. The molecule has 0 atom stereocenters. The third-order valence-electron chi connectivity index (χ3n) is 2.86. The second kappa shape index (κ2) is 6.59. The Hall–Kier alpha value is -1.07. The molecule has 0 unspecified atom stereocenters. The number of pyridine rings is 1. The van der Waals surface area contributed by atoms with Crippen molar-refractivity contribution in [3.05, 3.63) is 51.8 Å². The molecule has 20 heavy (non-hydrogen) atoms. The molecule has 0 aliphatic rings. The first-order valence-corrected chi connectivity index (χ1v) is 5.76. The van der Waals surface area contributed by atoms with Crippen molar-refractivity contribution >= 4 is 0 Å². The standard InChI is InChI=1S/C14H12F2NO2.Y/c1-3-17-12(5-4-8(2)14(17)19)13-10(15)6-9(18)7-11(13)16;/h4,6-7,18H,3H2,1-2H3;/q-1;. The van der Waals surface area contributed by atoms with Crippen molar-refractivity contribution in [1.29, 1.82) is 0 Å². The van der Waals surface area contributed by atoms with E-state index in [1.807, 2.05) is 0 Å². The Bertz CT molecular complexity index is 675. The zero-order chi connectivity index (χ0) is 14.2. The van der Waals surface area contributed by atoms with Crippen LogP contribution in [0.1, 0.15) is 12.5 Å². The van der Waals surface area contributed by atoms with E-state index < -0.39 is 17.4 Å². The fourth-order valence-corrected chi connectivity index (χ4v) is 1.93. The number of aromatic hydroxyl groups is 1. The Morgan fingerprint density at radius 2 is 1.85 bits per heavy atom. The smallest absolute Gasteiger partial charge is 0.197 e. The molecule has 0 saturated heterocycles. The second-order valence-corrected chi connectivity index (χ2v) is 4.15. The van der Waals surface area contributed by atoms with Gasteiger partial charge in [-0.1, -0.05) is 18.2 Å². The fourth-order valence-electron chi connectivity index (χ4n) is 1.93. The van der Waals surface area contributed by atoms with Crippen molar-refractivity contribution in [2.24, 2.45) is 0 Å². The number of aryl methyl sites for hydroxylation is 1. The number of phenols is 1. The molecule has 0 spiro atoms. The minimum atomic E-state index is -0.931. The molecule has 6 heteroatoms. The Morgan fingerprint density at radius 1 is 1.30 bits per heavy atom. The topological polar surface area (TPSA) is 42.2 Å². The number of aromatic nitrogens is 1. The summed E-state index contributed by atoms with van der Waals surface area (Å²) in [7, 11) is 0. The van der Waals surface area contributed by atoms with Gasteiger partial charge in [0.2, 0.25) is 0 Å². The molecule has 0 aliphatic heterocycles. The first kappa shape index (κ1) is 17.0. The number of halogens is 2. The molecule has 0 amide bonds. The van der Waals surface area contributed by atoms with Crippen LogP contribution in [0.25, 0.3) is 11.3 Å². The molecule has 1 radical (unpaired) electrons. The predicted octanol–water partition coefficient (Wildman–Crippen LogP) is 2.63. The van der Waals surface area contributed by atoms with Crippen LogP contribution in [0.5, 0.6) is 5.75 Å². The summed E-state index contributed by atoms with van der Waals surface area (Å²) >= 11 is 0. The Kier molecular flexibility index (Phi) is 5.60. The van der Waals surface area contributed by atoms with E-state index in [0.717, 1.165) is 12.1 Å². The molecule has 1 aromatic carbocycles. The minimum Gasteiger partial charge on any atom is -0.508 e. The van der Waals surface area contributed by atoms with Crippen molar-refractivity contribution in [1.82, 2.24) is 4.57 Å². The Balaban J connectivity index is 0.00000200. The van der Waals surface area contributed by atoms with Crippen LogP contribution in [0, 0.1) is 24.6 Å². The predicted molar refractivity (Wildman–Crippen MR) is 67.0 cm³/mol. The number of hydrogen-bond acceptors (Lipinski definition) is 2. The van der Waals surface area contributed by atoms with Gasteiger partial charge in [0, 0.05) is 51.4 Å². The van der Waals surface area contributed by atoms with E-state index in [2.05, 4.69) is 6.07 Å². The molecule has 3 nitrogen and oxygen atoms in total. The van der Waals surface area contributed by atoms with E-state index in [-0.39, 0.29) is 56.1 Å². The molecule has 0 fully saturated rings. The zero-order valence-electron chi connectivity index (χ0n) is 11.1. The van der Waals surface area contributed by atoms with Crippen LogP contribution < -0.4 is 5.56 Å². The van der Waals surface area contributed by atoms with Crippen LogP contribution in [0.4, 0.5) is 8.78 Å². The molecular weight excluding hydrogens is 341 g/mol. The number of nitrogens with zero attached hydrogens (tertiary/aromatic N) is 1. The van der Waals surface area contributed by atoms with Gasteiger partial charge in [-0.3, -0.25) is 4.79 Å². The van der Waals surface area contributed by atoms with E-state index >= 15 is 0 Å². The van der Waals surface area contributed by atoms with E-state index in [4.69, 9.17) is 5.11 Å². The summed E-state index contributed by atoms with van der Waals surface area (Å²) in [4.78, 5) is 11.9. The van der Waals surface area contributed by atoms with Crippen LogP contribution in [-0.4, -0.2) is 9.67 Å². The monoisotopic (exact) mass is 353 g/mol. The molecule has 0 aliphatic carbocycles. The maximum Gasteiger partial charge on any atom is 0.197 e. The van der Waals surface area contributed by atoms with Crippen molar-refractivity contribution < 1.29 is 46.6 Å². The molecular formula is C14H12F2NO2Y-. The third kappa shape index (κ3) is 2.99. The largest absolute Gasteiger partial charge is 0.508 e. The Morgan fingerprint density at radius 3 is 2.35 bits per heavy atom. The van der Waals surface area contributed by atoms with Gasteiger partial charge in [0.05, 0.1) is 11.6 Å². The van der Waals surface area contributed by atoms with Gasteiger partial charge in [0.15, 0.2) is 5.56 Å². The number of rotatable bonds is 2. The van der Waals surface area contributed by atoms with Gasteiger partial charge in [-0.05, 0) is 12.5 Å². The normalized spacial score (nSPS) is 10.2. The zero-order valence-corrected chi connectivity index (χ0v) is 13.9. The maximum atomic E-state index is 13.8. The van der Waals surface area contributed by atoms with Crippen molar-refractivity contribution in [2.45, 2.75) is 20.4 Å². The summed E-state index contributed by atoms with van der Waals surface area (Å²) in [5, 5.41) is 9.13. The van der Waals surface area contributed by atoms with Gasteiger partial charge in [-0.25, -0.2) is 8.78 Å². The number of hydrogen-bond donors (Lipinski definition) is 1. The van der Waals surface area contributed by atoms with Gasteiger partial charge in [-0.15, -0.1) is 0 Å². The van der Waals surface area contributed by atoms with E-state index in [1.165, 1.54) is 10.6 Å². The second-order valence-electron chi connectivity index (χ2n) is 4.15. The quantitative estimate of drug-likeness (QED) is 0.844. The van der Waals surface area contributed by atoms with Gasteiger partial charge < -0.3 is 9.67 Å². The average molecular weight is 353 g/mol. The number of phenolic OH excluding ortho intramolecular Hbond substituents is 1. The fraction of sp³-hybridized carbons (Fsp3) is 0.214. The molecule has 2 aromatic rings. The van der Waals surface area contributed by atoms with Gasteiger partial charge in [-0.2, -0.15) is 12.1 Å². The molecule has 0 saturated carbocycles. The molecule has 1 N–H and O–H groups in total. The van der Waals surface area contributed by atoms with Crippen LogP contribution >= 0.6 is 0 Å². The summed E-state index contributed by atoms with van der Waals surface area (Å²) in [5.74, 6) is -2.37. The number of benzene rings is 1. The van der Waals surface area contributed by atoms with Gasteiger partial charge in [0.25, 0.3) is 0 Å². The van der Waals surface area contributed by atoms with Gasteiger partial charge in [0.1, 0.15) is 5.75 Å². The van der Waals surface area contributed by atoms with Crippen molar-refractivity contribution in [2.75, 3.05) is 0 Å². The van der Waals surface area contributed by atoms with Gasteiger partial charge >= 0.3 is 0 Å². The first-order valence-electron chi connectivity index (χ1n) is 5.76. The third-order valence-corrected chi connectivity index (χ3v) is 2.86. The summed E-state index contributed by atoms with van der Waals surface area (Å²) in [6, 6.07) is 5.72. The van der Waals surface area contributed by atoms with Crippen molar-refractivity contribution in [3.8, 4) is 17.0 Å².